The van der Waals surface area contributed by atoms with Crippen LogP contribution in [0.25, 0.3) is 0 Å². The molecule has 0 heterocycles. The molecule has 3 fully saturated rings. The Morgan fingerprint density at radius 1 is 1.04 bits per heavy atom. The molecule has 5 heteroatoms. The van der Waals surface area contributed by atoms with Crippen LogP contribution in [0.5, 0.6) is 0 Å². The highest BCUT2D eigenvalue weighted by Gasteiger charge is 2.60. The first-order valence-electron chi connectivity index (χ1n) is 9.15. The van der Waals surface area contributed by atoms with Crippen molar-refractivity contribution in [2.24, 2.45) is 34.5 Å². The molecule has 3 rings (SSSR count). The van der Waals surface area contributed by atoms with Crippen LogP contribution < -0.4 is 0 Å². The second-order valence-corrected chi connectivity index (χ2v) is 8.74. The summed E-state index contributed by atoms with van der Waals surface area (Å²) in [5.74, 6) is -0.466. The predicted molar refractivity (Wildman–Crippen MR) is 87.4 cm³/mol. The van der Waals surface area contributed by atoms with Gasteiger partial charge in [0.05, 0.1) is 6.42 Å². The maximum atomic E-state index is 12.4. The molecule has 0 amide bonds. The molecule has 0 aromatic heterocycles. The Hall–Kier alpha value is -1.39. The number of Topliss-reactive ketones (excluding diaryl/α,β-unsaturated/α-hetero) is 1. The summed E-state index contributed by atoms with van der Waals surface area (Å²) in [4.78, 5) is 35.2. The van der Waals surface area contributed by atoms with Gasteiger partial charge in [-0.05, 0) is 61.2 Å². The molecule has 3 saturated carbocycles. The van der Waals surface area contributed by atoms with Crippen LogP contribution in [0.1, 0.15) is 65.2 Å². The quantitative estimate of drug-likeness (QED) is 0.821. The summed E-state index contributed by atoms with van der Waals surface area (Å²) in [5, 5.41) is 18.7. The number of hydrogen-bond acceptors (Lipinski definition) is 3. The summed E-state index contributed by atoms with van der Waals surface area (Å²) in [6.07, 6.45) is 5.03. The number of ketones is 1. The minimum Gasteiger partial charge on any atom is -0.481 e. The highest BCUT2D eigenvalue weighted by Crippen LogP contribution is 2.64. The lowest BCUT2D eigenvalue weighted by atomic mass is 9.46. The van der Waals surface area contributed by atoms with Crippen molar-refractivity contribution >= 4 is 17.7 Å². The number of carboxylic acid groups (broad SMARTS) is 2. The van der Waals surface area contributed by atoms with Gasteiger partial charge in [-0.15, -0.1) is 0 Å². The van der Waals surface area contributed by atoms with E-state index in [2.05, 4.69) is 6.92 Å². The summed E-state index contributed by atoms with van der Waals surface area (Å²) < 4.78 is 0. The van der Waals surface area contributed by atoms with Gasteiger partial charge < -0.3 is 10.2 Å². The summed E-state index contributed by atoms with van der Waals surface area (Å²) in [7, 11) is 0. The SMILES string of the molecule is C[C@]1(CC(=O)O)C(CC(=O)O)CC[C@@H]2[C@@H]1CC[C@]1(C)C(=O)CC[C@@H]21. The Morgan fingerprint density at radius 3 is 2.38 bits per heavy atom. The number of rotatable bonds is 4. The average molecular weight is 336 g/mol. The van der Waals surface area contributed by atoms with Crippen molar-refractivity contribution in [3.05, 3.63) is 0 Å². The maximum Gasteiger partial charge on any atom is 0.303 e. The van der Waals surface area contributed by atoms with Gasteiger partial charge in [0.1, 0.15) is 5.78 Å². The van der Waals surface area contributed by atoms with Gasteiger partial charge >= 0.3 is 11.9 Å². The molecule has 0 aromatic carbocycles. The molecule has 1 unspecified atom stereocenters. The lowest BCUT2D eigenvalue weighted by molar-refractivity contribution is -0.156. The van der Waals surface area contributed by atoms with Crippen LogP contribution in [-0.2, 0) is 14.4 Å². The zero-order valence-electron chi connectivity index (χ0n) is 14.6. The minimum absolute atomic E-state index is 0.0312. The van der Waals surface area contributed by atoms with E-state index in [4.69, 9.17) is 0 Å². The molecule has 2 N–H and O–H groups in total. The van der Waals surface area contributed by atoms with Crippen LogP contribution in [0.2, 0.25) is 0 Å². The van der Waals surface area contributed by atoms with E-state index in [1.807, 2.05) is 6.92 Å². The summed E-state index contributed by atoms with van der Waals surface area (Å²) >= 11 is 0. The first kappa shape index (κ1) is 17.4. The van der Waals surface area contributed by atoms with Crippen LogP contribution in [0.3, 0.4) is 0 Å². The molecule has 0 aliphatic heterocycles. The van der Waals surface area contributed by atoms with Gasteiger partial charge in [0.25, 0.3) is 0 Å². The van der Waals surface area contributed by atoms with Crippen molar-refractivity contribution in [3.8, 4) is 0 Å². The van der Waals surface area contributed by atoms with Crippen LogP contribution >= 0.6 is 0 Å². The van der Waals surface area contributed by atoms with E-state index in [0.717, 1.165) is 32.1 Å². The number of carbonyl (C=O) groups is 3. The standard InChI is InChI=1S/C19H28O5/c1-18-8-7-14-12(13(18)5-6-15(18)20)4-3-11(9-16(21)22)19(14,2)10-17(23)24/h11-14H,3-10H2,1-2H3,(H,21,22)(H,23,24)/t11?,12-,13-,14-,18-,19-/m0/s1. The molecule has 0 spiro atoms. The summed E-state index contributed by atoms with van der Waals surface area (Å²) in [5.41, 5.74) is -0.717. The molecular weight excluding hydrogens is 308 g/mol. The largest absolute Gasteiger partial charge is 0.481 e. The molecule has 5 nitrogen and oxygen atoms in total. The Kier molecular flexibility index (Phi) is 4.25. The van der Waals surface area contributed by atoms with Gasteiger partial charge in [-0.2, -0.15) is 0 Å². The van der Waals surface area contributed by atoms with Gasteiger partial charge in [-0.1, -0.05) is 13.8 Å². The van der Waals surface area contributed by atoms with E-state index in [1.54, 1.807) is 0 Å². The molecular formula is C19H28O5. The molecule has 0 radical (unpaired) electrons. The third-order valence-electron chi connectivity index (χ3n) is 7.73. The lowest BCUT2D eigenvalue weighted by Crippen LogP contribution is -2.53. The molecule has 6 atom stereocenters. The maximum absolute atomic E-state index is 12.4. The Bertz CT molecular complexity index is 570. The Morgan fingerprint density at radius 2 is 1.75 bits per heavy atom. The van der Waals surface area contributed by atoms with Gasteiger partial charge in [0, 0.05) is 18.3 Å². The van der Waals surface area contributed by atoms with E-state index < -0.39 is 17.4 Å². The smallest absolute Gasteiger partial charge is 0.303 e. The highest BCUT2D eigenvalue weighted by molar-refractivity contribution is 5.87. The fraction of sp³-hybridized carbons (Fsp3) is 0.842. The first-order chi connectivity index (χ1) is 11.2. The zero-order chi connectivity index (χ0) is 17.7. The number of hydrogen-bond donors (Lipinski definition) is 2. The van der Waals surface area contributed by atoms with Crippen molar-refractivity contribution < 1.29 is 24.6 Å². The van der Waals surface area contributed by atoms with E-state index in [-0.39, 0.29) is 30.1 Å². The van der Waals surface area contributed by atoms with Gasteiger partial charge in [-0.3, -0.25) is 14.4 Å². The minimum atomic E-state index is -0.843. The van der Waals surface area contributed by atoms with Crippen molar-refractivity contribution in [1.82, 2.24) is 0 Å². The van der Waals surface area contributed by atoms with E-state index in [0.29, 0.717) is 24.0 Å². The molecule has 3 aliphatic rings. The lowest BCUT2D eigenvalue weighted by Gasteiger charge is -2.57. The summed E-state index contributed by atoms with van der Waals surface area (Å²) in [6, 6.07) is 0. The molecule has 0 saturated heterocycles. The second-order valence-electron chi connectivity index (χ2n) is 8.74. The van der Waals surface area contributed by atoms with Crippen LogP contribution in [-0.4, -0.2) is 27.9 Å². The van der Waals surface area contributed by atoms with E-state index in [9.17, 15) is 24.6 Å². The fourth-order valence-electron chi connectivity index (χ4n) is 6.45. The molecule has 0 aromatic rings. The summed E-state index contributed by atoms with van der Waals surface area (Å²) in [6.45, 7) is 4.09. The third-order valence-corrected chi connectivity index (χ3v) is 7.73. The first-order valence-corrected chi connectivity index (χ1v) is 9.15. The molecule has 134 valence electrons. The number of carbonyl (C=O) groups excluding carboxylic acids is 1. The highest BCUT2D eigenvalue weighted by atomic mass is 16.4. The van der Waals surface area contributed by atoms with Crippen molar-refractivity contribution in [1.29, 1.82) is 0 Å². The average Bonchev–Trinajstić information content (AvgIpc) is 2.77. The normalized spacial score (nSPS) is 44.7. The topological polar surface area (TPSA) is 91.7 Å². The fourth-order valence-corrected chi connectivity index (χ4v) is 6.45. The van der Waals surface area contributed by atoms with Gasteiger partial charge in [-0.25, -0.2) is 0 Å². The predicted octanol–water partition coefficient (Wildman–Crippen LogP) is 3.36. The second kappa shape index (κ2) is 5.85. The molecule has 24 heavy (non-hydrogen) atoms. The third kappa shape index (κ3) is 2.56. The van der Waals surface area contributed by atoms with Crippen molar-refractivity contribution in [3.63, 3.8) is 0 Å². The van der Waals surface area contributed by atoms with E-state index in [1.165, 1.54) is 0 Å². The van der Waals surface area contributed by atoms with Crippen molar-refractivity contribution in [2.75, 3.05) is 0 Å². The molecule has 0 bridgehead atoms. The molecule has 3 aliphatic carbocycles. The van der Waals surface area contributed by atoms with Crippen LogP contribution in [0.4, 0.5) is 0 Å². The van der Waals surface area contributed by atoms with E-state index >= 15 is 0 Å². The monoisotopic (exact) mass is 336 g/mol. The van der Waals surface area contributed by atoms with Crippen molar-refractivity contribution in [2.45, 2.75) is 65.2 Å². The Labute approximate surface area is 142 Å². The number of fused-ring (bicyclic) bond motifs is 3. The number of aliphatic carboxylic acids is 2. The number of carboxylic acids is 2. The zero-order valence-corrected chi connectivity index (χ0v) is 14.6. The van der Waals surface area contributed by atoms with Gasteiger partial charge in [0.2, 0.25) is 0 Å². The van der Waals surface area contributed by atoms with Crippen LogP contribution in [0.15, 0.2) is 0 Å². The Balaban J connectivity index is 1.92. The van der Waals surface area contributed by atoms with Crippen LogP contribution in [0, 0.1) is 34.5 Å². The van der Waals surface area contributed by atoms with Gasteiger partial charge in [0.15, 0.2) is 0 Å².